The minimum atomic E-state index is -1.35. The van der Waals surface area contributed by atoms with Crippen LogP contribution < -0.4 is 16.1 Å². The van der Waals surface area contributed by atoms with Crippen molar-refractivity contribution in [2.75, 3.05) is 13.2 Å². The lowest BCUT2D eigenvalue weighted by molar-refractivity contribution is -0.156. The number of esters is 2. The number of phenolic OH excluding ortho intramolecular Hbond substituents is 1. The summed E-state index contributed by atoms with van der Waals surface area (Å²) in [6.07, 6.45) is 12.6. The fourth-order valence-electron chi connectivity index (χ4n) is 6.42. The molecule has 57 heavy (non-hydrogen) atoms. The maximum Gasteiger partial charge on any atom is 0.331 e. The van der Waals surface area contributed by atoms with Gasteiger partial charge in [-0.15, -0.1) is 0 Å². The molecular formula is C43H58N4O10. The van der Waals surface area contributed by atoms with Crippen molar-refractivity contribution in [2.45, 2.75) is 103 Å². The molecule has 1 saturated heterocycles. The van der Waals surface area contributed by atoms with E-state index in [0.717, 1.165) is 0 Å². The molecular weight excluding hydrogens is 732 g/mol. The zero-order valence-electron chi connectivity index (χ0n) is 33.5. The summed E-state index contributed by atoms with van der Waals surface area (Å²) in [6.45, 7) is 12.2. The maximum absolute atomic E-state index is 14.3. The van der Waals surface area contributed by atoms with Crippen molar-refractivity contribution in [3.63, 3.8) is 0 Å². The van der Waals surface area contributed by atoms with Crippen LogP contribution in [0.1, 0.15) is 84.7 Å². The molecule has 3 rings (SSSR count). The number of hydrogen-bond donors (Lipinski definition) is 5. The molecule has 2 aliphatic rings. The zero-order valence-corrected chi connectivity index (χ0v) is 33.5. The van der Waals surface area contributed by atoms with Gasteiger partial charge >= 0.3 is 11.9 Å². The number of cyclic esters (lactones) is 1. The SMILES string of the molecule is C=CCOC(=O)/C=C/C=C(\C)[C@@H]1C/C=C/C=C/C[C@H](C)[C@@H](O)[C@@H](CCC(C)=O)C(=O)N[C@@H](C(C)C)C(=O)NC(c2cccc(O)c2)C(=O)N2CCCC(N2)C(=O)O1. The van der Waals surface area contributed by atoms with Crippen molar-refractivity contribution in [3.05, 3.63) is 90.6 Å². The molecule has 0 aliphatic carbocycles. The van der Waals surface area contributed by atoms with Crippen LogP contribution in [0, 0.1) is 17.8 Å². The summed E-state index contributed by atoms with van der Waals surface area (Å²) < 4.78 is 11.0. The quantitative estimate of drug-likeness (QED) is 0.0984. The normalized spacial score (nSPS) is 27.3. The molecule has 0 saturated carbocycles. The highest BCUT2D eigenvalue weighted by molar-refractivity contribution is 5.93. The van der Waals surface area contributed by atoms with Crippen LogP contribution in [0.5, 0.6) is 5.75 Å². The number of fused-ring (bicyclic) bond motifs is 2. The van der Waals surface area contributed by atoms with Crippen LogP contribution in [0.3, 0.4) is 0 Å². The largest absolute Gasteiger partial charge is 0.508 e. The van der Waals surface area contributed by atoms with E-state index in [1.54, 1.807) is 52.0 Å². The fraction of sp³-hybridized carbons (Fsp3) is 0.488. The summed E-state index contributed by atoms with van der Waals surface area (Å²) in [4.78, 5) is 79.8. The Hall–Kier alpha value is -5.34. The molecule has 2 aliphatic heterocycles. The Labute approximate surface area is 335 Å². The molecule has 0 radical (unpaired) electrons. The Kier molecular flexibility index (Phi) is 18.6. The Balaban J connectivity index is 2.05. The number of phenols is 1. The highest BCUT2D eigenvalue weighted by Crippen LogP contribution is 2.25. The molecule has 2 unspecified atom stereocenters. The zero-order chi connectivity index (χ0) is 42.1. The van der Waals surface area contributed by atoms with Gasteiger partial charge in [0.2, 0.25) is 11.8 Å². The molecule has 5 N–H and O–H groups in total. The lowest BCUT2D eigenvalue weighted by Gasteiger charge is -2.36. The number of benzene rings is 1. The molecule has 2 heterocycles. The summed E-state index contributed by atoms with van der Waals surface area (Å²) >= 11 is 0. The molecule has 2 bridgehead atoms. The van der Waals surface area contributed by atoms with Gasteiger partial charge in [-0.05, 0) is 74.6 Å². The summed E-state index contributed by atoms with van der Waals surface area (Å²) in [5.41, 5.74) is 3.86. The van der Waals surface area contributed by atoms with E-state index in [1.807, 2.05) is 12.2 Å². The number of rotatable bonds is 10. The number of carbonyl (C=O) groups is 6. The first-order valence-electron chi connectivity index (χ1n) is 19.4. The summed E-state index contributed by atoms with van der Waals surface area (Å²) in [5, 5.41) is 28.6. The highest BCUT2D eigenvalue weighted by Gasteiger charge is 2.38. The topological polar surface area (TPSA) is 201 Å². The van der Waals surface area contributed by atoms with E-state index in [2.05, 4.69) is 22.6 Å². The van der Waals surface area contributed by atoms with E-state index in [4.69, 9.17) is 9.47 Å². The molecule has 3 amide bonds. The van der Waals surface area contributed by atoms with E-state index in [0.29, 0.717) is 24.8 Å². The Morgan fingerprint density at radius 2 is 1.79 bits per heavy atom. The minimum absolute atomic E-state index is 0.0473. The van der Waals surface area contributed by atoms with Gasteiger partial charge in [-0.25, -0.2) is 10.2 Å². The third-order valence-electron chi connectivity index (χ3n) is 9.80. The molecule has 310 valence electrons. The van der Waals surface area contributed by atoms with Gasteiger partial charge in [0.25, 0.3) is 5.91 Å². The number of aliphatic hydroxyl groups excluding tert-OH is 1. The third kappa shape index (κ3) is 14.6. The van der Waals surface area contributed by atoms with Gasteiger partial charge in [0.1, 0.15) is 42.4 Å². The first kappa shape index (κ1) is 46.0. The van der Waals surface area contributed by atoms with E-state index >= 15 is 0 Å². The number of hydrazine groups is 1. The number of ether oxygens (including phenoxy) is 2. The average molecular weight is 791 g/mol. The molecule has 0 aromatic heterocycles. The average Bonchev–Trinajstić information content (AvgIpc) is 3.17. The lowest BCUT2D eigenvalue weighted by atomic mass is 9.85. The van der Waals surface area contributed by atoms with E-state index in [9.17, 15) is 39.0 Å². The Bertz CT molecular complexity index is 1720. The van der Waals surface area contributed by atoms with Gasteiger partial charge in [0.05, 0.1) is 12.0 Å². The van der Waals surface area contributed by atoms with Crippen LogP contribution >= 0.6 is 0 Å². The first-order valence-corrected chi connectivity index (χ1v) is 19.4. The van der Waals surface area contributed by atoms with Crippen LogP contribution in [-0.4, -0.2) is 88.1 Å². The number of Topliss-reactive ketones (excluding diaryl/α,β-unsaturated/α-hetero) is 1. The van der Waals surface area contributed by atoms with Gasteiger partial charge in [0, 0.05) is 25.5 Å². The summed E-state index contributed by atoms with van der Waals surface area (Å²) in [6, 6.07) is 2.44. The van der Waals surface area contributed by atoms with Crippen molar-refractivity contribution >= 4 is 35.4 Å². The van der Waals surface area contributed by atoms with Gasteiger partial charge in [-0.2, -0.15) is 0 Å². The van der Waals surface area contributed by atoms with Gasteiger partial charge in [-0.3, -0.25) is 24.2 Å². The number of ketones is 1. The van der Waals surface area contributed by atoms with Crippen molar-refractivity contribution in [1.82, 2.24) is 21.1 Å². The number of nitrogens with zero attached hydrogens (tertiary/aromatic N) is 1. The monoisotopic (exact) mass is 790 g/mol. The number of hydrogen-bond acceptors (Lipinski definition) is 11. The summed E-state index contributed by atoms with van der Waals surface area (Å²) in [7, 11) is 0. The van der Waals surface area contributed by atoms with Gasteiger partial charge < -0.3 is 35.1 Å². The van der Waals surface area contributed by atoms with Gasteiger partial charge in [-0.1, -0.05) is 82.0 Å². The van der Waals surface area contributed by atoms with Crippen molar-refractivity contribution in [3.8, 4) is 5.75 Å². The molecule has 1 aromatic carbocycles. The number of aromatic hydroxyl groups is 1. The number of nitrogens with one attached hydrogen (secondary N) is 3. The molecule has 1 fully saturated rings. The number of carbonyl (C=O) groups excluding carboxylic acids is 6. The highest BCUT2D eigenvalue weighted by atomic mass is 16.5. The van der Waals surface area contributed by atoms with Crippen molar-refractivity contribution in [1.29, 1.82) is 0 Å². The molecule has 7 atom stereocenters. The van der Waals surface area contributed by atoms with Crippen LogP contribution in [0.25, 0.3) is 0 Å². The predicted octanol–water partition coefficient (Wildman–Crippen LogP) is 4.22. The minimum Gasteiger partial charge on any atom is -0.508 e. The molecule has 1 aromatic rings. The first-order chi connectivity index (χ1) is 27.1. The van der Waals surface area contributed by atoms with Crippen LogP contribution in [0.2, 0.25) is 0 Å². The van der Waals surface area contributed by atoms with Gasteiger partial charge in [0.15, 0.2) is 0 Å². The molecule has 14 heteroatoms. The second kappa shape index (κ2) is 23.0. The summed E-state index contributed by atoms with van der Waals surface area (Å²) in [5.74, 6) is -5.29. The standard InChI is InChI=1S/C43H58N4O10/c1-7-25-56-36(50)21-12-16-28(4)35-20-11-9-8-10-15-29(5)39(51)33(23-22-30(6)48)40(52)44-37(27(2)3)41(53)45-38(31-17-13-18-32(49)26-31)42(54)47-24-14-19-34(46-47)43(55)57-35/h7-13,16-18,21,26-27,29,33-35,37-39,46,49,51H,1,14-15,19-20,22-25H2,2-6H3,(H,44,52)(H,45,53)/b10-8+,11-9+,21-12+,28-16+/t29-,33+,34?,35-,37-,38?,39+/m0/s1. The molecule has 14 nitrogen and oxygen atoms in total. The second-order valence-corrected chi connectivity index (χ2v) is 14.8. The van der Waals surface area contributed by atoms with Crippen molar-refractivity contribution < 1.29 is 48.5 Å². The maximum atomic E-state index is 14.3. The number of amides is 3. The van der Waals surface area contributed by atoms with Crippen LogP contribution in [-0.2, 0) is 38.2 Å². The second-order valence-electron chi connectivity index (χ2n) is 14.8. The van der Waals surface area contributed by atoms with Crippen LogP contribution in [0.4, 0.5) is 0 Å². The molecule has 0 spiro atoms. The van der Waals surface area contributed by atoms with E-state index in [-0.39, 0.29) is 49.5 Å². The predicted molar refractivity (Wildman–Crippen MR) is 214 cm³/mol. The smallest absolute Gasteiger partial charge is 0.331 e. The van der Waals surface area contributed by atoms with E-state index < -0.39 is 77.7 Å². The fourth-order valence-corrected chi connectivity index (χ4v) is 6.42. The number of aliphatic hydroxyl groups is 1. The Morgan fingerprint density at radius 3 is 2.46 bits per heavy atom. The lowest BCUT2D eigenvalue weighted by Crippen LogP contribution is -2.59. The Morgan fingerprint density at radius 1 is 1.07 bits per heavy atom. The van der Waals surface area contributed by atoms with Crippen molar-refractivity contribution in [2.24, 2.45) is 17.8 Å². The van der Waals surface area contributed by atoms with Crippen LogP contribution in [0.15, 0.2) is 85.0 Å². The van der Waals surface area contributed by atoms with E-state index in [1.165, 1.54) is 48.4 Å². The number of allylic oxidation sites excluding steroid dienone is 5. The third-order valence-corrected chi connectivity index (χ3v) is 9.80.